The Morgan fingerprint density at radius 2 is 2.33 bits per heavy atom. The van der Waals surface area contributed by atoms with Crippen molar-refractivity contribution in [3.05, 3.63) is 0 Å². The zero-order chi connectivity index (χ0) is 6.48. The fourth-order valence-electron chi connectivity index (χ4n) is 2.42. The molecule has 52 valence electrons. The van der Waals surface area contributed by atoms with Gasteiger partial charge in [0.15, 0.2) is 0 Å². The van der Waals surface area contributed by atoms with Gasteiger partial charge in [-0.1, -0.05) is 6.92 Å². The summed E-state index contributed by atoms with van der Waals surface area (Å²) >= 11 is 0. The van der Waals surface area contributed by atoms with Crippen molar-refractivity contribution in [1.29, 1.82) is 0 Å². The van der Waals surface area contributed by atoms with Gasteiger partial charge in [-0.15, -0.1) is 0 Å². The molecule has 0 N–H and O–H groups in total. The smallest absolute Gasteiger partial charge is 0.00355 e. The van der Waals surface area contributed by atoms with Crippen molar-refractivity contribution in [2.45, 2.75) is 19.8 Å². The topological polar surface area (TPSA) is 3.24 Å². The van der Waals surface area contributed by atoms with Gasteiger partial charge in [0.05, 0.1) is 0 Å². The predicted octanol–water partition coefficient (Wildman–Crippen LogP) is 1.35. The van der Waals surface area contributed by atoms with Gasteiger partial charge in [0.25, 0.3) is 0 Å². The van der Waals surface area contributed by atoms with E-state index in [1.165, 1.54) is 25.9 Å². The normalized spacial score (nSPS) is 50.7. The quantitative estimate of drug-likeness (QED) is 0.472. The summed E-state index contributed by atoms with van der Waals surface area (Å²) in [7, 11) is 2.24. The largest absolute Gasteiger partial charge is 0.306 e. The van der Waals surface area contributed by atoms with E-state index in [1.54, 1.807) is 0 Å². The van der Waals surface area contributed by atoms with Crippen molar-refractivity contribution in [2.24, 2.45) is 11.3 Å². The van der Waals surface area contributed by atoms with Crippen LogP contribution in [0.15, 0.2) is 0 Å². The third-order valence-corrected chi connectivity index (χ3v) is 3.21. The van der Waals surface area contributed by atoms with Crippen LogP contribution in [-0.4, -0.2) is 25.0 Å². The molecule has 0 radical (unpaired) electrons. The number of likely N-dealkylation sites (tertiary alicyclic amines) is 1. The van der Waals surface area contributed by atoms with Crippen LogP contribution in [0.5, 0.6) is 0 Å². The SMILES string of the molecule is CN1C[C@@H]2CC[C@]2(C)C1. The van der Waals surface area contributed by atoms with Gasteiger partial charge in [0.2, 0.25) is 0 Å². The van der Waals surface area contributed by atoms with Gasteiger partial charge in [0.1, 0.15) is 0 Å². The highest BCUT2D eigenvalue weighted by atomic mass is 15.1. The lowest BCUT2D eigenvalue weighted by atomic mass is 9.64. The zero-order valence-electron chi connectivity index (χ0n) is 6.35. The van der Waals surface area contributed by atoms with E-state index in [9.17, 15) is 0 Å². The Balaban J connectivity index is 2.12. The van der Waals surface area contributed by atoms with E-state index in [-0.39, 0.29) is 0 Å². The van der Waals surface area contributed by atoms with Crippen LogP contribution in [0.25, 0.3) is 0 Å². The van der Waals surface area contributed by atoms with Crippen molar-refractivity contribution in [3.63, 3.8) is 0 Å². The molecular weight excluding hydrogens is 110 g/mol. The van der Waals surface area contributed by atoms with E-state index < -0.39 is 0 Å². The number of hydrogen-bond acceptors (Lipinski definition) is 1. The van der Waals surface area contributed by atoms with Crippen LogP contribution in [0.2, 0.25) is 0 Å². The fraction of sp³-hybridized carbons (Fsp3) is 1.00. The molecule has 1 saturated carbocycles. The van der Waals surface area contributed by atoms with Gasteiger partial charge in [0, 0.05) is 13.1 Å². The van der Waals surface area contributed by atoms with Crippen LogP contribution in [0.3, 0.4) is 0 Å². The summed E-state index contributed by atoms with van der Waals surface area (Å²) in [4.78, 5) is 2.47. The van der Waals surface area contributed by atoms with Gasteiger partial charge >= 0.3 is 0 Å². The minimum absolute atomic E-state index is 0.731. The molecule has 0 aromatic heterocycles. The van der Waals surface area contributed by atoms with Crippen molar-refractivity contribution in [3.8, 4) is 0 Å². The van der Waals surface area contributed by atoms with Crippen molar-refractivity contribution in [2.75, 3.05) is 20.1 Å². The molecule has 1 aliphatic heterocycles. The lowest BCUT2D eigenvalue weighted by Gasteiger charge is -2.40. The van der Waals surface area contributed by atoms with E-state index in [0.717, 1.165) is 11.3 Å². The Labute approximate surface area is 57.0 Å². The molecule has 0 amide bonds. The van der Waals surface area contributed by atoms with Crippen molar-refractivity contribution < 1.29 is 0 Å². The first kappa shape index (κ1) is 5.72. The second-order valence-corrected chi connectivity index (χ2v) is 4.09. The first-order valence-electron chi connectivity index (χ1n) is 3.89. The number of rotatable bonds is 0. The van der Waals surface area contributed by atoms with Crippen molar-refractivity contribution in [1.82, 2.24) is 4.90 Å². The maximum absolute atomic E-state index is 2.47. The van der Waals surface area contributed by atoms with Crippen LogP contribution < -0.4 is 0 Å². The van der Waals surface area contributed by atoms with Gasteiger partial charge in [-0.3, -0.25) is 0 Å². The maximum atomic E-state index is 2.47. The summed E-state index contributed by atoms with van der Waals surface area (Å²) < 4.78 is 0. The molecule has 2 atom stereocenters. The molecule has 2 rings (SSSR count). The first-order valence-corrected chi connectivity index (χ1v) is 3.89. The van der Waals surface area contributed by atoms with Gasteiger partial charge < -0.3 is 4.90 Å². The molecule has 0 spiro atoms. The average Bonchev–Trinajstić information content (AvgIpc) is 1.94. The van der Waals surface area contributed by atoms with Crippen LogP contribution >= 0.6 is 0 Å². The minimum atomic E-state index is 0.731. The Morgan fingerprint density at radius 1 is 1.56 bits per heavy atom. The molecule has 0 bridgehead atoms. The fourth-order valence-corrected chi connectivity index (χ4v) is 2.42. The molecule has 0 unspecified atom stereocenters. The number of fused-ring (bicyclic) bond motifs is 1. The highest BCUT2D eigenvalue weighted by molar-refractivity contribution is 4.99. The van der Waals surface area contributed by atoms with Gasteiger partial charge in [-0.25, -0.2) is 0 Å². The summed E-state index contributed by atoms with van der Waals surface area (Å²) in [6.45, 7) is 5.14. The summed E-state index contributed by atoms with van der Waals surface area (Å²) in [5, 5.41) is 0. The van der Waals surface area contributed by atoms with Crippen LogP contribution in [0.4, 0.5) is 0 Å². The van der Waals surface area contributed by atoms with E-state index in [4.69, 9.17) is 0 Å². The summed E-state index contributed by atoms with van der Waals surface area (Å²) in [6.07, 6.45) is 2.96. The second kappa shape index (κ2) is 1.51. The monoisotopic (exact) mass is 125 g/mol. The molecule has 1 heterocycles. The molecule has 1 saturated heterocycles. The second-order valence-electron chi connectivity index (χ2n) is 4.09. The average molecular weight is 125 g/mol. The zero-order valence-corrected chi connectivity index (χ0v) is 6.35. The van der Waals surface area contributed by atoms with Gasteiger partial charge in [-0.2, -0.15) is 0 Å². The number of nitrogens with zero attached hydrogens (tertiary/aromatic N) is 1. The van der Waals surface area contributed by atoms with Crippen LogP contribution in [-0.2, 0) is 0 Å². The Kier molecular flexibility index (Phi) is 0.963. The molecule has 1 aliphatic carbocycles. The highest BCUT2D eigenvalue weighted by Crippen LogP contribution is 2.50. The molecular formula is C8H15N. The molecule has 0 aromatic rings. The van der Waals surface area contributed by atoms with Crippen molar-refractivity contribution >= 4 is 0 Å². The van der Waals surface area contributed by atoms with E-state index in [2.05, 4.69) is 18.9 Å². The molecule has 1 heteroatoms. The van der Waals surface area contributed by atoms with Crippen LogP contribution in [0, 0.1) is 11.3 Å². The van der Waals surface area contributed by atoms with Gasteiger partial charge in [-0.05, 0) is 31.2 Å². The summed E-state index contributed by atoms with van der Waals surface area (Å²) in [6, 6.07) is 0. The van der Waals surface area contributed by atoms with E-state index >= 15 is 0 Å². The lowest BCUT2D eigenvalue weighted by Crippen LogP contribution is -2.35. The molecule has 9 heavy (non-hydrogen) atoms. The number of hydrogen-bond donors (Lipinski definition) is 0. The first-order chi connectivity index (χ1) is 4.21. The summed E-state index contributed by atoms with van der Waals surface area (Å²) in [5.41, 5.74) is 0.731. The van der Waals surface area contributed by atoms with Crippen LogP contribution in [0.1, 0.15) is 19.8 Å². The predicted molar refractivity (Wildman–Crippen MR) is 38.3 cm³/mol. The standard InChI is InChI=1S/C8H15N/c1-8-4-3-7(8)5-9(2)6-8/h7H,3-6H2,1-2H3/t7-,8+/m0/s1. The molecule has 1 nitrogen and oxygen atoms in total. The molecule has 2 aliphatic rings. The minimum Gasteiger partial charge on any atom is -0.306 e. The Hall–Kier alpha value is -0.0400. The maximum Gasteiger partial charge on any atom is 0.00355 e. The van der Waals surface area contributed by atoms with E-state index in [1.807, 2.05) is 0 Å². The Bertz CT molecular complexity index is 133. The highest BCUT2D eigenvalue weighted by Gasteiger charge is 2.47. The third-order valence-electron chi connectivity index (χ3n) is 3.21. The molecule has 0 aromatic carbocycles. The summed E-state index contributed by atoms with van der Waals surface area (Å²) in [5.74, 6) is 1.04. The molecule has 2 fully saturated rings. The lowest BCUT2D eigenvalue weighted by molar-refractivity contribution is 0.109. The Morgan fingerprint density at radius 3 is 2.56 bits per heavy atom. The van der Waals surface area contributed by atoms with E-state index in [0.29, 0.717) is 0 Å². The third kappa shape index (κ3) is 0.644.